The predicted molar refractivity (Wildman–Crippen MR) is 102 cm³/mol. The fourth-order valence-electron chi connectivity index (χ4n) is 3.59. The van der Waals surface area contributed by atoms with E-state index in [1.165, 1.54) is 0 Å². The zero-order valence-electron chi connectivity index (χ0n) is 15.5. The van der Waals surface area contributed by atoms with Gasteiger partial charge in [0.1, 0.15) is 0 Å². The monoisotopic (exact) mass is 400 g/mol. The zero-order chi connectivity index (χ0) is 20.4. The van der Waals surface area contributed by atoms with Gasteiger partial charge >= 0.3 is 6.18 Å². The van der Waals surface area contributed by atoms with Gasteiger partial charge in [-0.2, -0.15) is 18.4 Å². The van der Waals surface area contributed by atoms with Crippen LogP contribution in [0.15, 0.2) is 42.6 Å². The van der Waals surface area contributed by atoms with E-state index in [1.54, 1.807) is 30.3 Å². The Kier molecular flexibility index (Phi) is 5.16. The highest BCUT2D eigenvalue weighted by Gasteiger charge is 2.29. The number of hydrogen-bond acceptors (Lipinski definition) is 4. The van der Waals surface area contributed by atoms with E-state index in [1.807, 2.05) is 18.3 Å². The molecule has 1 N–H and O–H groups in total. The number of pyridine rings is 1. The van der Waals surface area contributed by atoms with Gasteiger partial charge in [0.05, 0.1) is 22.7 Å². The zero-order valence-corrected chi connectivity index (χ0v) is 15.5. The highest BCUT2D eigenvalue weighted by Crippen LogP contribution is 2.33. The second-order valence-electron chi connectivity index (χ2n) is 7.17. The molecular formula is C21H19F3N4O. The SMILES string of the molecule is N#Cc1ccc(-c2cc3c(ccn3CC3CCNC3)nc2OCC(F)(F)F)cc1. The molecule has 4 rings (SSSR count). The highest BCUT2D eigenvalue weighted by atomic mass is 19.4. The maximum atomic E-state index is 12.7. The molecule has 1 fully saturated rings. The molecule has 0 bridgehead atoms. The van der Waals surface area contributed by atoms with Gasteiger partial charge in [-0.3, -0.25) is 0 Å². The Morgan fingerprint density at radius 2 is 2.03 bits per heavy atom. The van der Waals surface area contributed by atoms with E-state index < -0.39 is 12.8 Å². The van der Waals surface area contributed by atoms with Crippen molar-refractivity contribution in [2.75, 3.05) is 19.7 Å². The van der Waals surface area contributed by atoms with Crippen molar-refractivity contribution in [3.63, 3.8) is 0 Å². The van der Waals surface area contributed by atoms with Crippen LogP contribution in [0.25, 0.3) is 22.2 Å². The third kappa shape index (κ3) is 4.35. The molecule has 8 heteroatoms. The maximum absolute atomic E-state index is 12.7. The highest BCUT2D eigenvalue weighted by molar-refractivity contribution is 5.84. The van der Waals surface area contributed by atoms with Crippen molar-refractivity contribution in [1.82, 2.24) is 14.9 Å². The van der Waals surface area contributed by atoms with Crippen molar-refractivity contribution in [3.05, 3.63) is 48.2 Å². The molecule has 29 heavy (non-hydrogen) atoms. The molecule has 1 atom stereocenters. The molecule has 5 nitrogen and oxygen atoms in total. The Bertz CT molecular complexity index is 1040. The molecular weight excluding hydrogens is 381 g/mol. The second kappa shape index (κ2) is 7.76. The number of nitrogens with zero attached hydrogens (tertiary/aromatic N) is 3. The molecule has 2 aromatic heterocycles. The van der Waals surface area contributed by atoms with E-state index in [0.717, 1.165) is 31.6 Å². The number of benzene rings is 1. The molecule has 0 spiro atoms. The average molecular weight is 400 g/mol. The van der Waals surface area contributed by atoms with Crippen LogP contribution in [0.2, 0.25) is 0 Å². The van der Waals surface area contributed by atoms with Crippen LogP contribution in [0.5, 0.6) is 5.88 Å². The van der Waals surface area contributed by atoms with Crippen LogP contribution in [0.4, 0.5) is 13.2 Å². The Balaban J connectivity index is 1.75. The number of hydrogen-bond donors (Lipinski definition) is 1. The first-order valence-electron chi connectivity index (χ1n) is 9.33. The van der Waals surface area contributed by atoms with Crippen LogP contribution in [0, 0.1) is 17.2 Å². The van der Waals surface area contributed by atoms with Gasteiger partial charge in [-0.15, -0.1) is 0 Å². The third-order valence-corrected chi connectivity index (χ3v) is 5.03. The second-order valence-corrected chi connectivity index (χ2v) is 7.17. The summed E-state index contributed by atoms with van der Waals surface area (Å²) in [5.74, 6) is 0.435. The fraction of sp³-hybridized carbons (Fsp3) is 0.333. The lowest BCUT2D eigenvalue weighted by Gasteiger charge is -2.15. The number of alkyl halides is 3. The summed E-state index contributed by atoms with van der Waals surface area (Å²) in [6.45, 7) is 1.34. The van der Waals surface area contributed by atoms with Gasteiger partial charge in [-0.05, 0) is 55.3 Å². The van der Waals surface area contributed by atoms with Crippen LogP contribution in [0.3, 0.4) is 0 Å². The molecule has 0 aliphatic carbocycles. The van der Waals surface area contributed by atoms with Crippen molar-refractivity contribution in [2.45, 2.75) is 19.1 Å². The summed E-state index contributed by atoms with van der Waals surface area (Å²) in [6, 6.07) is 12.3. The summed E-state index contributed by atoms with van der Waals surface area (Å²) in [5, 5.41) is 12.3. The first-order valence-corrected chi connectivity index (χ1v) is 9.33. The van der Waals surface area contributed by atoms with E-state index in [0.29, 0.717) is 28.1 Å². The van der Waals surface area contributed by atoms with Crippen LogP contribution in [-0.2, 0) is 6.54 Å². The molecule has 1 aliphatic rings. The first-order chi connectivity index (χ1) is 13.9. The summed E-state index contributed by atoms with van der Waals surface area (Å²) in [6.07, 6.45) is -1.46. The molecule has 0 amide bonds. The minimum atomic E-state index is -4.46. The van der Waals surface area contributed by atoms with E-state index in [4.69, 9.17) is 10.00 Å². The molecule has 0 radical (unpaired) electrons. The summed E-state index contributed by atoms with van der Waals surface area (Å²) in [4.78, 5) is 4.37. The smallest absolute Gasteiger partial charge is 0.422 e. The Hall–Kier alpha value is -3.05. The topological polar surface area (TPSA) is 62.9 Å². The van der Waals surface area contributed by atoms with Crippen molar-refractivity contribution < 1.29 is 17.9 Å². The number of ether oxygens (including phenoxy) is 1. The number of rotatable bonds is 5. The molecule has 0 saturated carbocycles. The number of aromatic nitrogens is 2. The van der Waals surface area contributed by atoms with Crippen LogP contribution in [-0.4, -0.2) is 35.4 Å². The van der Waals surface area contributed by atoms with Gasteiger partial charge in [0.15, 0.2) is 6.61 Å². The Morgan fingerprint density at radius 1 is 1.24 bits per heavy atom. The number of nitrogens with one attached hydrogen (secondary N) is 1. The van der Waals surface area contributed by atoms with Crippen molar-refractivity contribution in [2.24, 2.45) is 5.92 Å². The van der Waals surface area contributed by atoms with Gasteiger partial charge in [0.2, 0.25) is 5.88 Å². The van der Waals surface area contributed by atoms with Crippen LogP contribution in [0.1, 0.15) is 12.0 Å². The lowest BCUT2D eigenvalue weighted by Crippen LogP contribution is -2.20. The Morgan fingerprint density at radius 3 is 2.69 bits per heavy atom. The predicted octanol–water partition coefficient (Wildman–Crippen LogP) is 4.13. The molecule has 1 saturated heterocycles. The summed E-state index contributed by atoms with van der Waals surface area (Å²) >= 11 is 0. The van der Waals surface area contributed by atoms with Gasteiger partial charge in [-0.1, -0.05) is 12.1 Å². The van der Waals surface area contributed by atoms with Crippen molar-refractivity contribution in [3.8, 4) is 23.1 Å². The lowest BCUT2D eigenvalue weighted by atomic mass is 10.0. The quantitative estimate of drug-likeness (QED) is 0.700. The first kappa shape index (κ1) is 19.3. The van der Waals surface area contributed by atoms with E-state index >= 15 is 0 Å². The summed E-state index contributed by atoms with van der Waals surface area (Å²) in [5.41, 5.74) is 3.01. The molecule has 1 aliphatic heterocycles. The van der Waals surface area contributed by atoms with E-state index in [9.17, 15) is 13.2 Å². The molecule has 1 unspecified atom stereocenters. The van der Waals surface area contributed by atoms with Gasteiger partial charge < -0.3 is 14.6 Å². The summed E-state index contributed by atoms with van der Waals surface area (Å²) < 4.78 is 45.3. The van der Waals surface area contributed by atoms with Crippen molar-refractivity contribution >= 4 is 11.0 Å². The molecule has 150 valence electrons. The lowest BCUT2D eigenvalue weighted by molar-refractivity contribution is -0.153. The van der Waals surface area contributed by atoms with Crippen LogP contribution >= 0.6 is 0 Å². The molecule has 1 aromatic carbocycles. The maximum Gasteiger partial charge on any atom is 0.422 e. The minimum Gasteiger partial charge on any atom is -0.468 e. The minimum absolute atomic E-state index is 0.0696. The van der Waals surface area contributed by atoms with Gasteiger partial charge in [0.25, 0.3) is 0 Å². The average Bonchev–Trinajstić information content (AvgIpc) is 3.35. The molecule has 3 heterocycles. The normalized spacial score (nSPS) is 16.8. The Labute approximate surface area is 165 Å². The summed E-state index contributed by atoms with van der Waals surface area (Å²) in [7, 11) is 0. The van der Waals surface area contributed by atoms with Gasteiger partial charge in [0, 0.05) is 18.3 Å². The fourth-order valence-corrected chi connectivity index (χ4v) is 3.59. The van der Waals surface area contributed by atoms with E-state index in [-0.39, 0.29) is 5.88 Å². The van der Waals surface area contributed by atoms with Gasteiger partial charge in [-0.25, -0.2) is 4.98 Å². The van der Waals surface area contributed by atoms with E-state index in [2.05, 4.69) is 14.9 Å². The number of fused-ring (bicyclic) bond motifs is 1. The number of nitriles is 1. The largest absolute Gasteiger partial charge is 0.468 e. The van der Waals surface area contributed by atoms with Crippen LogP contribution < -0.4 is 10.1 Å². The third-order valence-electron chi connectivity index (χ3n) is 5.03. The number of halogens is 3. The standard InChI is InChI=1S/C21H19F3N4O/c22-21(23,24)13-29-20-17(16-3-1-14(10-25)2-4-16)9-19-18(27-20)6-8-28(19)12-15-5-7-26-11-15/h1-4,6,8-9,15,26H,5,7,11-13H2. The molecule has 3 aromatic rings. The van der Waals surface area contributed by atoms with Crippen molar-refractivity contribution in [1.29, 1.82) is 5.26 Å².